The van der Waals surface area contributed by atoms with E-state index in [0.29, 0.717) is 5.57 Å². The lowest BCUT2D eigenvalue weighted by Gasteiger charge is -2.08. The van der Waals surface area contributed by atoms with Gasteiger partial charge in [0.2, 0.25) is 5.91 Å². The third-order valence-electron chi connectivity index (χ3n) is 2.25. The second-order valence-electron chi connectivity index (χ2n) is 3.18. The summed E-state index contributed by atoms with van der Waals surface area (Å²) in [4.78, 5) is 11.2. The minimum absolute atomic E-state index is 0.184. The Kier molecular flexibility index (Phi) is 4.06. The number of carbonyl (C=O) groups excluding carboxylic acids is 1. The number of amides is 1. The van der Waals surface area contributed by atoms with Gasteiger partial charge in [0.15, 0.2) is 0 Å². The lowest BCUT2D eigenvalue weighted by Crippen LogP contribution is -2.14. The van der Waals surface area contributed by atoms with Crippen molar-refractivity contribution in [3.05, 3.63) is 41.5 Å². The van der Waals surface area contributed by atoms with Gasteiger partial charge in [0.05, 0.1) is 6.61 Å². The smallest absolute Gasteiger partial charge is 0.249 e. The van der Waals surface area contributed by atoms with Crippen LogP contribution in [-0.2, 0) is 11.2 Å². The highest BCUT2D eigenvalue weighted by Gasteiger charge is 2.10. The lowest BCUT2D eigenvalue weighted by atomic mass is 9.97. The van der Waals surface area contributed by atoms with Gasteiger partial charge in [-0.3, -0.25) is 4.79 Å². The summed E-state index contributed by atoms with van der Waals surface area (Å²) in [5, 5.41) is 8.83. The molecule has 0 spiro atoms. The Hall–Kier alpha value is -1.61. The first-order chi connectivity index (χ1) is 7.20. The lowest BCUT2D eigenvalue weighted by molar-refractivity contribution is -0.112. The van der Waals surface area contributed by atoms with Gasteiger partial charge in [-0.1, -0.05) is 31.2 Å². The van der Waals surface area contributed by atoms with Gasteiger partial charge >= 0.3 is 0 Å². The standard InChI is InChI=1S/C12H15NO2/c1-2-9-5-3-4-6-10(9)11(7-8-14)12(13)15/h3-7,14H,2,8H2,1H3,(H2,13,15)/b11-7+. The SMILES string of the molecule is CCc1ccccc1/C(=C\CO)C(N)=O. The highest BCUT2D eigenvalue weighted by atomic mass is 16.2. The van der Waals surface area contributed by atoms with Gasteiger partial charge in [0.1, 0.15) is 0 Å². The number of rotatable bonds is 4. The summed E-state index contributed by atoms with van der Waals surface area (Å²) >= 11 is 0. The van der Waals surface area contributed by atoms with E-state index in [1.807, 2.05) is 31.2 Å². The van der Waals surface area contributed by atoms with Crippen molar-refractivity contribution in [1.82, 2.24) is 0 Å². The maximum Gasteiger partial charge on any atom is 0.249 e. The number of primary amides is 1. The van der Waals surface area contributed by atoms with Gasteiger partial charge < -0.3 is 10.8 Å². The predicted octanol–water partition coefficient (Wildman–Crippen LogP) is 1.11. The first-order valence-electron chi connectivity index (χ1n) is 4.89. The van der Waals surface area contributed by atoms with Crippen LogP contribution < -0.4 is 5.73 Å². The fraction of sp³-hybridized carbons (Fsp3) is 0.250. The second kappa shape index (κ2) is 5.32. The third-order valence-corrected chi connectivity index (χ3v) is 2.25. The molecule has 0 bridgehead atoms. The molecule has 3 heteroatoms. The number of hydrogen-bond acceptors (Lipinski definition) is 2. The number of carbonyl (C=O) groups is 1. The molecule has 1 aromatic carbocycles. The average Bonchev–Trinajstić information content (AvgIpc) is 2.25. The van der Waals surface area contributed by atoms with Crippen LogP contribution in [0, 0.1) is 0 Å². The zero-order valence-electron chi connectivity index (χ0n) is 8.73. The Bertz CT molecular complexity index is 383. The van der Waals surface area contributed by atoms with Crippen molar-refractivity contribution in [2.75, 3.05) is 6.61 Å². The fourth-order valence-electron chi connectivity index (χ4n) is 1.53. The fourth-order valence-corrected chi connectivity index (χ4v) is 1.53. The van der Waals surface area contributed by atoms with E-state index >= 15 is 0 Å². The summed E-state index contributed by atoms with van der Waals surface area (Å²) in [7, 11) is 0. The predicted molar refractivity (Wildman–Crippen MR) is 60.1 cm³/mol. The van der Waals surface area contributed by atoms with Gasteiger partial charge in [0.25, 0.3) is 0 Å². The minimum atomic E-state index is -0.509. The zero-order chi connectivity index (χ0) is 11.3. The molecule has 0 radical (unpaired) electrons. The van der Waals surface area contributed by atoms with Gasteiger partial charge in [-0.05, 0) is 23.6 Å². The number of nitrogens with two attached hydrogens (primary N) is 1. The van der Waals surface area contributed by atoms with Crippen molar-refractivity contribution in [3.8, 4) is 0 Å². The molecular formula is C12H15NO2. The summed E-state index contributed by atoms with van der Waals surface area (Å²) in [5.41, 5.74) is 7.50. The molecule has 0 heterocycles. The summed E-state index contributed by atoms with van der Waals surface area (Å²) in [6, 6.07) is 7.55. The highest BCUT2D eigenvalue weighted by Crippen LogP contribution is 2.19. The maximum absolute atomic E-state index is 11.2. The topological polar surface area (TPSA) is 63.3 Å². The molecule has 0 atom stereocenters. The van der Waals surface area contributed by atoms with Crippen LogP contribution in [0.5, 0.6) is 0 Å². The van der Waals surface area contributed by atoms with Crippen molar-refractivity contribution in [2.24, 2.45) is 5.73 Å². The molecule has 0 saturated heterocycles. The van der Waals surface area contributed by atoms with E-state index in [4.69, 9.17) is 10.8 Å². The third kappa shape index (κ3) is 2.67. The normalized spacial score (nSPS) is 11.5. The minimum Gasteiger partial charge on any atom is -0.392 e. The van der Waals surface area contributed by atoms with Crippen molar-refractivity contribution < 1.29 is 9.90 Å². The van der Waals surface area contributed by atoms with Crippen LogP contribution in [0.1, 0.15) is 18.1 Å². The highest BCUT2D eigenvalue weighted by molar-refractivity contribution is 6.19. The van der Waals surface area contributed by atoms with Crippen LogP contribution in [0.15, 0.2) is 30.3 Å². The first-order valence-corrected chi connectivity index (χ1v) is 4.89. The van der Waals surface area contributed by atoms with Crippen LogP contribution in [-0.4, -0.2) is 17.6 Å². The summed E-state index contributed by atoms with van der Waals surface area (Å²) in [6.45, 7) is 1.83. The number of aliphatic hydroxyl groups excluding tert-OH is 1. The van der Waals surface area contributed by atoms with E-state index in [0.717, 1.165) is 17.5 Å². The molecule has 0 aliphatic heterocycles. The molecule has 0 fully saturated rings. The van der Waals surface area contributed by atoms with Gasteiger partial charge in [-0.2, -0.15) is 0 Å². The molecule has 0 aromatic heterocycles. The molecule has 0 aliphatic rings. The van der Waals surface area contributed by atoms with Crippen LogP contribution in [0.25, 0.3) is 5.57 Å². The first kappa shape index (κ1) is 11.5. The van der Waals surface area contributed by atoms with E-state index in [-0.39, 0.29) is 6.61 Å². The van der Waals surface area contributed by atoms with Gasteiger partial charge in [0, 0.05) is 5.57 Å². The summed E-state index contributed by atoms with van der Waals surface area (Å²) in [6.07, 6.45) is 2.27. The molecule has 0 saturated carbocycles. The Morgan fingerprint density at radius 3 is 2.67 bits per heavy atom. The molecule has 3 nitrogen and oxygen atoms in total. The number of aliphatic hydroxyl groups is 1. The van der Waals surface area contributed by atoms with Gasteiger partial charge in [-0.15, -0.1) is 0 Å². The molecule has 3 N–H and O–H groups in total. The van der Waals surface area contributed by atoms with E-state index in [2.05, 4.69) is 0 Å². The largest absolute Gasteiger partial charge is 0.392 e. The molecule has 1 rings (SSSR count). The zero-order valence-corrected chi connectivity index (χ0v) is 8.73. The summed E-state index contributed by atoms with van der Waals surface area (Å²) in [5.74, 6) is -0.509. The Morgan fingerprint density at radius 1 is 1.47 bits per heavy atom. The maximum atomic E-state index is 11.2. The monoisotopic (exact) mass is 205 g/mol. The second-order valence-corrected chi connectivity index (χ2v) is 3.18. The quantitative estimate of drug-likeness (QED) is 0.723. The molecule has 80 valence electrons. The van der Waals surface area contributed by atoms with Crippen LogP contribution in [0.2, 0.25) is 0 Å². The van der Waals surface area contributed by atoms with Crippen LogP contribution in [0.4, 0.5) is 0 Å². The molecular weight excluding hydrogens is 190 g/mol. The van der Waals surface area contributed by atoms with Crippen LogP contribution in [0.3, 0.4) is 0 Å². The van der Waals surface area contributed by atoms with Crippen molar-refractivity contribution in [3.63, 3.8) is 0 Å². The van der Waals surface area contributed by atoms with E-state index < -0.39 is 5.91 Å². The number of aryl methyl sites for hydroxylation is 1. The van der Waals surface area contributed by atoms with Crippen molar-refractivity contribution in [2.45, 2.75) is 13.3 Å². The van der Waals surface area contributed by atoms with Crippen molar-refractivity contribution >= 4 is 11.5 Å². The molecule has 0 unspecified atom stereocenters. The van der Waals surface area contributed by atoms with Crippen molar-refractivity contribution in [1.29, 1.82) is 0 Å². The summed E-state index contributed by atoms with van der Waals surface area (Å²) < 4.78 is 0. The van der Waals surface area contributed by atoms with E-state index in [1.165, 1.54) is 6.08 Å². The Labute approximate surface area is 89.2 Å². The van der Waals surface area contributed by atoms with Crippen LogP contribution >= 0.6 is 0 Å². The number of benzene rings is 1. The van der Waals surface area contributed by atoms with Gasteiger partial charge in [-0.25, -0.2) is 0 Å². The van der Waals surface area contributed by atoms with E-state index in [1.54, 1.807) is 0 Å². The van der Waals surface area contributed by atoms with E-state index in [9.17, 15) is 4.79 Å². The molecule has 0 aliphatic carbocycles. The molecule has 1 aromatic rings. The number of hydrogen-bond donors (Lipinski definition) is 2. The molecule has 1 amide bonds. The Balaban J connectivity index is 3.22. The molecule has 15 heavy (non-hydrogen) atoms. The Morgan fingerprint density at radius 2 is 2.13 bits per heavy atom. The average molecular weight is 205 g/mol.